The van der Waals surface area contributed by atoms with Crippen LogP contribution in [0.2, 0.25) is 0 Å². The van der Waals surface area contributed by atoms with Gasteiger partial charge in [-0.15, -0.1) is 5.10 Å². The third-order valence-corrected chi connectivity index (χ3v) is 5.76. The molecule has 2 aliphatic rings. The number of rotatable bonds is 4. The maximum absolute atomic E-state index is 13.2. The lowest BCUT2D eigenvalue weighted by Gasteiger charge is -2.38. The number of hydrogen-bond acceptors (Lipinski definition) is 7. The minimum Gasteiger partial charge on any atom is -0.493 e. The number of ether oxygens (including phenoxy) is 2. The number of Topliss-reactive ketones (excluding diaryl/α,β-unsaturated/α-hetero) is 1. The Labute approximate surface area is 168 Å². The van der Waals surface area contributed by atoms with Crippen LogP contribution in [0.5, 0.6) is 11.5 Å². The number of ketones is 1. The Morgan fingerprint density at radius 2 is 1.96 bits per heavy atom. The van der Waals surface area contributed by atoms with Crippen molar-refractivity contribution in [1.29, 1.82) is 0 Å². The predicted octanol–water partition coefficient (Wildman–Crippen LogP) is 3.68. The van der Waals surface area contributed by atoms with Gasteiger partial charge in [0.25, 0.3) is 0 Å². The molecule has 0 unspecified atom stereocenters. The van der Waals surface area contributed by atoms with Gasteiger partial charge in [-0.05, 0) is 35.8 Å². The fourth-order valence-corrected chi connectivity index (χ4v) is 4.35. The first-order chi connectivity index (χ1) is 13.4. The Balaban J connectivity index is 1.91. The van der Waals surface area contributed by atoms with E-state index >= 15 is 0 Å². The molecule has 1 atom stereocenters. The zero-order valence-corrected chi connectivity index (χ0v) is 17.5. The number of aromatic nitrogens is 3. The Bertz CT molecular complexity index is 980. The zero-order chi connectivity index (χ0) is 20.1. The third-order valence-electron chi connectivity index (χ3n) is 5.22. The molecule has 1 aliphatic heterocycles. The van der Waals surface area contributed by atoms with Crippen molar-refractivity contribution in [2.24, 2.45) is 5.41 Å². The summed E-state index contributed by atoms with van der Waals surface area (Å²) in [7, 11) is 3.21. The third kappa shape index (κ3) is 3.05. The van der Waals surface area contributed by atoms with Crippen molar-refractivity contribution in [3.8, 4) is 11.5 Å². The average molecular weight is 401 g/mol. The number of anilines is 1. The Morgan fingerprint density at radius 1 is 1.21 bits per heavy atom. The molecule has 0 saturated carbocycles. The predicted molar refractivity (Wildman–Crippen MR) is 108 cm³/mol. The SMILES string of the molecule is COc1ccc([C@H]2C3=C(CC(C)(C)CC3=O)Nc3nc(SC)nn32)cc1OC. The molecule has 1 N–H and O–H groups in total. The van der Waals surface area contributed by atoms with Crippen molar-refractivity contribution >= 4 is 23.5 Å². The summed E-state index contributed by atoms with van der Waals surface area (Å²) < 4.78 is 12.7. The molecule has 0 fully saturated rings. The normalized spacial score (nSPS) is 20.3. The lowest BCUT2D eigenvalue weighted by atomic mass is 9.73. The smallest absolute Gasteiger partial charge is 0.227 e. The minimum absolute atomic E-state index is 0.0877. The van der Waals surface area contributed by atoms with Crippen LogP contribution >= 0.6 is 11.8 Å². The van der Waals surface area contributed by atoms with Gasteiger partial charge in [0.15, 0.2) is 17.3 Å². The van der Waals surface area contributed by atoms with Crippen LogP contribution in [-0.2, 0) is 4.79 Å². The van der Waals surface area contributed by atoms with Crippen molar-refractivity contribution in [1.82, 2.24) is 14.8 Å². The summed E-state index contributed by atoms with van der Waals surface area (Å²) >= 11 is 1.48. The number of hydrogen-bond donors (Lipinski definition) is 1. The van der Waals surface area contributed by atoms with E-state index in [0.29, 0.717) is 29.0 Å². The summed E-state index contributed by atoms with van der Waals surface area (Å²) in [6, 6.07) is 5.39. The van der Waals surface area contributed by atoms with E-state index in [0.717, 1.165) is 23.3 Å². The molecule has 1 aromatic heterocycles. The monoisotopic (exact) mass is 400 g/mol. The summed E-state index contributed by atoms with van der Waals surface area (Å²) in [4.78, 5) is 17.8. The van der Waals surface area contributed by atoms with Crippen LogP contribution in [0.1, 0.15) is 38.3 Å². The summed E-state index contributed by atoms with van der Waals surface area (Å²) in [6.07, 6.45) is 3.24. The zero-order valence-electron chi connectivity index (χ0n) is 16.7. The number of carbonyl (C=O) groups excluding carboxylic acids is 1. The van der Waals surface area contributed by atoms with Crippen LogP contribution in [0.15, 0.2) is 34.6 Å². The number of nitrogens with zero attached hydrogens (tertiary/aromatic N) is 3. The maximum Gasteiger partial charge on any atom is 0.227 e. The Hall–Kier alpha value is -2.48. The van der Waals surface area contributed by atoms with Gasteiger partial charge in [-0.2, -0.15) is 4.98 Å². The highest BCUT2D eigenvalue weighted by molar-refractivity contribution is 7.98. The van der Waals surface area contributed by atoms with E-state index in [1.807, 2.05) is 29.1 Å². The molecule has 1 aliphatic carbocycles. The topological polar surface area (TPSA) is 78.3 Å². The van der Waals surface area contributed by atoms with Crippen molar-refractivity contribution in [2.45, 2.75) is 37.9 Å². The molecule has 0 saturated heterocycles. The van der Waals surface area contributed by atoms with Gasteiger partial charge in [0.2, 0.25) is 11.1 Å². The van der Waals surface area contributed by atoms with Gasteiger partial charge in [-0.25, -0.2) is 4.68 Å². The van der Waals surface area contributed by atoms with E-state index < -0.39 is 0 Å². The maximum atomic E-state index is 13.2. The number of allylic oxidation sites excluding steroid dienone is 2. The second-order valence-corrected chi connectivity index (χ2v) is 8.62. The molecule has 148 valence electrons. The van der Waals surface area contributed by atoms with Crippen LogP contribution < -0.4 is 14.8 Å². The fourth-order valence-electron chi connectivity index (χ4n) is 4.01. The van der Waals surface area contributed by atoms with Crippen molar-refractivity contribution in [2.75, 3.05) is 25.8 Å². The van der Waals surface area contributed by atoms with Crippen molar-refractivity contribution in [3.63, 3.8) is 0 Å². The molecule has 2 aromatic rings. The Morgan fingerprint density at radius 3 is 2.64 bits per heavy atom. The van der Waals surface area contributed by atoms with Crippen molar-refractivity contribution in [3.05, 3.63) is 35.0 Å². The van der Waals surface area contributed by atoms with Crippen LogP contribution in [0.3, 0.4) is 0 Å². The lowest BCUT2D eigenvalue weighted by Crippen LogP contribution is -2.36. The van der Waals surface area contributed by atoms with Gasteiger partial charge in [0, 0.05) is 17.7 Å². The van der Waals surface area contributed by atoms with E-state index in [9.17, 15) is 4.79 Å². The van der Waals surface area contributed by atoms with E-state index in [2.05, 4.69) is 29.2 Å². The molecule has 2 heterocycles. The molecule has 7 nitrogen and oxygen atoms in total. The highest BCUT2D eigenvalue weighted by Gasteiger charge is 2.42. The Kier molecular flexibility index (Phi) is 4.61. The highest BCUT2D eigenvalue weighted by Crippen LogP contribution is 2.46. The van der Waals surface area contributed by atoms with Crippen molar-refractivity contribution < 1.29 is 14.3 Å². The summed E-state index contributed by atoms with van der Waals surface area (Å²) in [5, 5.41) is 8.67. The van der Waals surface area contributed by atoms with Gasteiger partial charge in [-0.1, -0.05) is 31.7 Å². The van der Waals surface area contributed by atoms with Crippen LogP contribution in [0.25, 0.3) is 0 Å². The summed E-state index contributed by atoms with van der Waals surface area (Å²) in [6.45, 7) is 4.24. The van der Waals surface area contributed by atoms with E-state index in [1.165, 1.54) is 11.8 Å². The van der Waals surface area contributed by atoms with Gasteiger partial charge >= 0.3 is 0 Å². The standard InChI is InChI=1S/C20H24N4O3S/c1-20(2)9-12-16(13(25)10-20)17(24-18(21-12)22-19(23-24)28-5)11-6-7-14(26-3)15(8-11)27-4/h6-8,17H,9-10H2,1-5H3,(H,21,22,23)/t17-/m0/s1. The van der Waals surface area contributed by atoms with E-state index in [-0.39, 0.29) is 17.2 Å². The minimum atomic E-state index is -0.344. The van der Waals surface area contributed by atoms with E-state index in [1.54, 1.807) is 14.2 Å². The molecule has 4 rings (SSSR count). The van der Waals surface area contributed by atoms with Gasteiger partial charge in [0.05, 0.1) is 14.2 Å². The molecule has 1 aromatic carbocycles. The number of fused-ring (bicyclic) bond motifs is 1. The van der Waals surface area contributed by atoms with E-state index in [4.69, 9.17) is 9.47 Å². The molecule has 0 radical (unpaired) electrons. The fraction of sp³-hybridized carbons (Fsp3) is 0.450. The number of benzene rings is 1. The van der Waals surface area contributed by atoms with Crippen LogP contribution in [0.4, 0.5) is 5.95 Å². The van der Waals surface area contributed by atoms with Gasteiger partial charge < -0.3 is 14.8 Å². The molecular formula is C20H24N4O3S. The first-order valence-electron chi connectivity index (χ1n) is 9.12. The molecule has 0 amide bonds. The first kappa shape index (κ1) is 18.9. The summed E-state index contributed by atoms with van der Waals surface area (Å²) in [5.41, 5.74) is 2.53. The number of methoxy groups -OCH3 is 2. The number of carbonyl (C=O) groups is 1. The van der Waals surface area contributed by atoms with Crippen LogP contribution in [0, 0.1) is 5.41 Å². The molecule has 28 heavy (non-hydrogen) atoms. The van der Waals surface area contributed by atoms with Crippen LogP contribution in [-0.4, -0.2) is 41.0 Å². The average Bonchev–Trinajstić information content (AvgIpc) is 3.07. The number of nitrogens with one attached hydrogen (secondary N) is 1. The first-order valence-corrected chi connectivity index (χ1v) is 10.3. The molecular weight excluding hydrogens is 376 g/mol. The lowest BCUT2D eigenvalue weighted by molar-refractivity contribution is -0.118. The quantitative estimate of drug-likeness (QED) is 0.785. The summed E-state index contributed by atoms with van der Waals surface area (Å²) in [5.74, 6) is 2.07. The highest BCUT2D eigenvalue weighted by atomic mass is 32.2. The molecule has 0 bridgehead atoms. The second-order valence-electron chi connectivity index (χ2n) is 7.84. The second kappa shape index (κ2) is 6.84. The van der Waals surface area contributed by atoms with Gasteiger partial charge in [-0.3, -0.25) is 4.79 Å². The largest absolute Gasteiger partial charge is 0.493 e. The number of thioether (sulfide) groups is 1. The molecule has 8 heteroatoms. The van der Waals surface area contributed by atoms with Gasteiger partial charge in [0.1, 0.15) is 6.04 Å². The molecule has 0 spiro atoms.